The van der Waals surface area contributed by atoms with Crippen LogP contribution in [0.25, 0.3) is 6.08 Å². The lowest BCUT2D eigenvalue weighted by molar-refractivity contribution is -0.385. The van der Waals surface area contributed by atoms with Crippen molar-refractivity contribution < 1.29 is 9.72 Å². The number of hydrogen-bond acceptors (Lipinski definition) is 3. The van der Waals surface area contributed by atoms with Gasteiger partial charge in [-0.3, -0.25) is 14.9 Å². The van der Waals surface area contributed by atoms with Crippen molar-refractivity contribution in [3.05, 3.63) is 79.8 Å². The summed E-state index contributed by atoms with van der Waals surface area (Å²) in [6.07, 6.45) is 2.75. The fourth-order valence-corrected chi connectivity index (χ4v) is 2.20. The first-order chi connectivity index (χ1) is 9.99. The number of allylic oxidation sites excluding steroid dienone is 1. The highest BCUT2D eigenvalue weighted by Crippen LogP contribution is 2.23. The largest absolute Gasteiger partial charge is 0.289 e. The molecule has 0 saturated heterocycles. The Bertz CT molecular complexity index is 741. The van der Waals surface area contributed by atoms with Gasteiger partial charge in [0, 0.05) is 16.1 Å². The second-order valence-electron chi connectivity index (χ2n) is 4.14. The highest BCUT2D eigenvalue weighted by Gasteiger charge is 2.16. The minimum Gasteiger partial charge on any atom is -0.289 e. The van der Waals surface area contributed by atoms with E-state index in [2.05, 4.69) is 0 Å². The standard InChI is InChI=1S/C15H9Cl2NO3/c16-11-7-5-10(13(17)9-11)6-8-15(19)12-3-1-2-4-14(12)18(20)21/h1-9H/b8-6+. The van der Waals surface area contributed by atoms with E-state index < -0.39 is 10.7 Å². The number of ketones is 1. The van der Waals surface area contributed by atoms with Gasteiger partial charge < -0.3 is 0 Å². The summed E-state index contributed by atoms with van der Waals surface area (Å²) >= 11 is 11.8. The van der Waals surface area contributed by atoms with Crippen LogP contribution in [-0.4, -0.2) is 10.7 Å². The first kappa shape index (κ1) is 15.2. The first-order valence-electron chi connectivity index (χ1n) is 5.90. The van der Waals surface area contributed by atoms with Crippen molar-refractivity contribution in [2.75, 3.05) is 0 Å². The molecule has 0 unspecified atom stereocenters. The normalized spacial score (nSPS) is 10.8. The third-order valence-corrected chi connectivity index (χ3v) is 3.31. The monoisotopic (exact) mass is 321 g/mol. The van der Waals surface area contributed by atoms with E-state index in [0.29, 0.717) is 15.6 Å². The number of nitrogens with zero attached hydrogens (tertiary/aromatic N) is 1. The molecular formula is C15H9Cl2NO3. The molecule has 2 aromatic carbocycles. The predicted octanol–water partition coefficient (Wildman–Crippen LogP) is 4.80. The van der Waals surface area contributed by atoms with Gasteiger partial charge >= 0.3 is 0 Å². The summed E-state index contributed by atoms with van der Waals surface area (Å²) in [6.45, 7) is 0. The summed E-state index contributed by atoms with van der Waals surface area (Å²) in [6, 6.07) is 10.6. The van der Waals surface area contributed by atoms with Crippen LogP contribution in [0.15, 0.2) is 48.5 Å². The van der Waals surface area contributed by atoms with Gasteiger partial charge in [-0.05, 0) is 35.9 Å². The molecule has 0 aromatic heterocycles. The van der Waals surface area contributed by atoms with Gasteiger partial charge in [-0.2, -0.15) is 0 Å². The van der Waals surface area contributed by atoms with E-state index in [4.69, 9.17) is 23.2 Å². The molecule has 0 N–H and O–H groups in total. The maximum absolute atomic E-state index is 12.1. The first-order valence-corrected chi connectivity index (χ1v) is 6.65. The number of nitro benzene ring substituents is 1. The topological polar surface area (TPSA) is 60.2 Å². The minimum absolute atomic E-state index is 0.0313. The van der Waals surface area contributed by atoms with Crippen LogP contribution < -0.4 is 0 Å². The lowest BCUT2D eigenvalue weighted by Gasteiger charge is -2.00. The van der Waals surface area contributed by atoms with Gasteiger partial charge in [-0.15, -0.1) is 0 Å². The van der Waals surface area contributed by atoms with Gasteiger partial charge in [0.25, 0.3) is 5.69 Å². The van der Waals surface area contributed by atoms with Gasteiger partial charge in [-0.1, -0.05) is 41.4 Å². The smallest absolute Gasteiger partial charge is 0.280 e. The zero-order chi connectivity index (χ0) is 15.4. The van der Waals surface area contributed by atoms with Gasteiger partial charge in [0.05, 0.1) is 10.5 Å². The molecular weight excluding hydrogens is 313 g/mol. The van der Waals surface area contributed by atoms with E-state index in [-0.39, 0.29) is 11.3 Å². The number of rotatable bonds is 4. The molecule has 4 nitrogen and oxygen atoms in total. The lowest BCUT2D eigenvalue weighted by Crippen LogP contribution is -2.00. The van der Waals surface area contributed by atoms with Crippen molar-refractivity contribution in [1.82, 2.24) is 0 Å². The van der Waals surface area contributed by atoms with E-state index in [0.717, 1.165) is 0 Å². The number of hydrogen-bond donors (Lipinski definition) is 0. The summed E-state index contributed by atoms with van der Waals surface area (Å²) in [5.41, 5.74) is 0.409. The Kier molecular flexibility index (Phi) is 4.73. The van der Waals surface area contributed by atoms with E-state index >= 15 is 0 Å². The number of halogens is 2. The average molecular weight is 322 g/mol. The number of para-hydroxylation sites is 1. The molecule has 0 fully saturated rings. The predicted molar refractivity (Wildman–Crippen MR) is 82.9 cm³/mol. The van der Waals surface area contributed by atoms with Crippen LogP contribution in [0.1, 0.15) is 15.9 Å². The van der Waals surface area contributed by atoms with Crippen molar-refractivity contribution in [1.29, 1.82) is 0 Å². The quantitative estimate of drug-likeness (QED) is 0.352. The average Bonchev–Trinajstić information content (AvgIpc) is 2.46. The highest BCUT2D eigenvalue weighted by atomic mass is 35.5. The van der Waals surface area contributed by atoms with Crippen molar-refractivity contribution >= 4 is 40.7 Å². The van der Waals surface area contributed by atoms with Crippen molar-refractivity contribution in [3.8, 4) is 0 Å². The molecule has 0 heterocycles. The van der Waals surface area contributed by atoms with Gasteiger partial charge in [0.2, 0.25) is 0 Å². The Hall–Kier alpha value is -2.17. The molecule has 2 rings (SSSR count). The van der Waals surface area contributed by atoms with Crippen LogP contribution in [0.4, 0.5) is 5.69 Å². The third-order valence-electron chi connectivity index (χ3n) is 2.74. The van der Waals surface area contributed by atoms with Crippen LogP contribution in [-0.2, 0) is 0 Å². The molecule has 0 saturated carbocycles. The van der Waals surface area contributed by atoms with E-state index in [9.17, 15) is 14.9 Å². The summed E-state index contributed by atoms with van der Waals surface area (Å²) in [5.74, 6) is -0.465. The SMILES string of the molecule is O=C(/C=C/c1ccc(Cl)cc1Cl)c1ccccc1[N+](=O)[O-]. The Morgan fingerprint density at radius 2 is 1.86 bits per heavy atom. The van der Waals surface area contributed by atoms with Gasteiger partial charge in [0.1, 0.15) is 0 Å². The maximum Gasteiger partial charge on any atom is 0.280 e. The van der Waals surface area contributed by atoms with E-state index in [1.54, 1.807) is 24.3 Å². The highest BCUT2D eigenvalue weighted by molar-refractivity contribution is 6.35. The van der Waals surface area contributed by atoms with Crippen LogP contribution in [0.2, 0.25) is 10.0 Å². The van der Waals surface area contributed by atoms with Crippen LogP contribution >= 0.6 is 23.2 Å². The fourth-order valence-electron chi connectivity index (χ4n) is 1.73. The number of carbonyl (C=O) groups excluding carboxylic acids is 1. The van der Waals surface area contributed by atoms with Crippen molar-refractivity contribution in [2.24, 2.45) is 0 Å². The van der Waals surface area contributed by atoms with E-state index in [1.165, 1.54) is 30.4 Å². The zero-order valence-electron chi connectivity index (χ0n) is 10.6. The third kappa shape index (κ3) is 3.68. The molecule has 0 amide bonds. The van der Waals surface area contributed by atoms with Crippen molar-refractivity contribution in [2.45, 2.75) is 0 Å². The second kappa shape index (κ2) is 6.52. The molecule has 2 aromatic rings. The summed E-state index contributed by atoms with van der Waals surface area (Å²) in [4.78, 5) is 22.4. The second-order valence-corrected chi connectivity index (χ2v) is 4.98. The van der Waals surface area contributed by atoms with Crippen LogP contribution in [0.5, 0.6) is 0 Å². The minimum atomic E-state index is -0.587. The van der Waals surface area contributed by atoms with Crippen LogP contribution in [0, 0.1) is 10.1 Å². The summed E-state index contributed by atoms with van der Waals surface area (Å²) in [5, 5.41) is 11.8. The van der Waals surface area contributed by atoms with Gasteiger partial charge in [0.15, 0.2) is 5.78 Å². The molecule has 0 bridgehead atoms. The number of benzene rings is 2. The zero-order valence-corrected chi connectivity index (χ0v) is 12.1. The fraction of sp³-hybridized carbons (Fsp3) is 0. The van der Waals surface area contributed by atoms with E-state index in [1.807, 2.05) is 0 Å². The molecule has 6 heteroatoms. The summed E-state index contributed by atoms with van der Waals surface area (Å²) in [7, 11) is 0. The Balaban J connectivity index is 2.30. The lowest BCUT2D eigenvalue weighted by atomic mass is 10.1. The molecule has 0 aliphatic rings. The molecule has 21 heavy (non-hydrogen) atoms. The van der Waals surface area contributed by atoms with Crippen molar-refractivity contribution in [3.63, 3.8) is 0 Å². The molecule has 0 spiro atoms. The van der Waals surface area contributed by atoms with Crippen LogP contribution in [0.3, 0.4) is 0 Å². The molecule has 0 radical (unpaired) electrons. The molecule has 0 aliphatic carbocycles. The number of carbonyl (C=O) groups is 1. The Labute approximate surface area is 130 Å². The molecule has 0 aliphatic heterocycles. The Morgan fingerprint density at radius 1 is 1.14 bits per heavy atom. The summed E-state index contributed by atoms with van der Waals surface area (Å²) < 4.78 is 0. The molecule has 106 valence electrons. The molecule has 0 atom stereocenters. The number of nitro groups is 1. The van der Waals surface area contributed by atoms with Gasteiger partial charge in [-0.25, -0.2) is 0 Å². The Morgan fingerprint density at radius 3 is 2.52 bits per heavy atom. The maximum atomic E-state index is 12.1.